The van der Waals surface area contributed by atoms with Crippen LogP contribution in [0.25, 0.3) is 0 Å². The Bertz CT molecular complexity index is 736. The summed E-state index contributed by atoms with van der Waals surface area (Å²) in [5.41, 5.74) is 0.197. The van der Waals surface area contributed by atoms with Crippen LogP contribution in [0.3, 0.4) is 0 Å². The lowest BCUT2D eigenvalue weighted by Crippen LogP contribution is -2.28. The van der Waals surface area contributed by atoms with E-state index in [0.717, 1.165) is 4.47 Å². The average molecular weight is 412 g/mol. The number of halogens is 2. The summed E-state index contributed by atoms with van der Waals surface area (Å²) in [4.78, 5) is 31.0. The van der Waals surface area contributed by atoms with Crippen molar-refractivity contribution in [2.24, 2.45) is 4.99 Å². The van der Waals surface area contributed by atoms with Crippen LogP contribution in [0, 0.1) is 11.3 Å². The van der Waals surface area contributed by atoms with Crippen molar-refractivity contribution in [2.75, 3.05) is 28.2 Å². The zero-order valence-corrected chi connectivity index (χ0v) is 16.0. The summed E-state index contributed by atoms with van der Waals surface area (Å²) in [6.07, 6.45) is 0. The van der Waals surface area contributed by atoms with Gasteiger partial charge in [-0.25, -0.2) is 0 Å². The predicted molar refractivity (Wildman–Crippen MR) is 96.8 cm³/mol. The predicted octanol–water partition coefficient (Wildman–Crippen LogP) is 2.65. The number of Topliss-reactive ketones (excluding diaryl/α,β-unsaturated/α-hetero) is 1. The van der Waals surface area contributed by atoms with Gasteiger partial charge in [-0.15, -0.1) is 0 Å². The summed E-state index contributed by atoms with van der Waals surface area (Å²) in [5, 5.41) is 9.01. The van der Waals surface area contributed by atoms with Crippen molar-refractivity contribution in [3.8, 4) is 6.07 Å². The first-order valence-corrected chi connectivity index (χ1v) is 7.94. The van der Waals surface area contributed by atoms with Crippen molar-refractivity contribution >= 4 is 44.4 Å². The van der Waals surface area contributed by atoms with Gasteiger partial charge in [0.15, 0.2) is 5.17 Å². The molecule has 0 aliphatic heterocycles. The molecule has 0 atom stereocenters. The molecule has 0 bridgehead atoms. The van der Waals surface area contributed by atoms with Gasteiger partial charge in [0.2, 0.25) is 0 Å². The van der Waals surface area contributed by atoms with Crippen molar-refractivity contribution in [1.82, 2.24) is 9.80 Å². The van der Waals surface area contributed by atoms with Crippen molar-refractivity contribution in [3.05, 3.63) is 45.7 Å². The number of amides is 1. The Hall–Kier alpha value is -2.17. The number of allylic oxidation sites excluding steroid dienone is 1. The van der Waals surface area contributed by atoms with Crippen LogP contribution in [0.5, 0.6) is 0 Å². The standard InChI is InChI=1S/C16H16BrClN4O2/c1-21(2)16(22(3)4)12(9-19)14(18)20-15(24)13(23)10-5-7-11(17)8-6-10/h5-8H,1-4H3. The Morgan fingerprint density at radius 2 is 1.62 bits per heavy atom. The Morgan fingerprint density at radius 1 is 1.12 bits per heavy atom. The second-order valence-corrected chi connectivity index (χ2v) is 6.42. The molecular formula is C16H16BrClN4O2. The monoisotopic (exact) mass is 410 g/mol. The van der Waals surface area contributed by atoms with Gasteiger partial charge in [0.1, 0.15) is 17.5 Å². The SMILES string of the molecule is CN(C)C(=C(C#N)C(Cl)=NC(=O)C(=O)c1ccc(Br)cc1)N(C)C. The number of nitriles is 1. The number of aliphatic imine (C=N–C) groups is 1. The van der Waals surface area contributed by atoms with Crippen LogP contribution in [0.2, 0.25) is 0 Å². The van der Waals surface area contributed by atoms with E-state index in [0.29, 0.717) is 5.82 Å². The molecule has 6 nitrogen and oxygen atoms in total. The number of carbonyl (C=O) groups is 2. The fourth-order valence-electron chi connectivity index (χ4n) is 1.96. The Morgan fingerprint density at radius 3 is 2.04 bits per heavy atom. The minimum absolute atomic E-state index is 0.00335. The van der Waals surface area contributed by atoms with Gasteiger partial charge in [-0.3, -0.25) is 9.59 Å². The zero-order chi connectivity index (χ0) is 18.4. The molecule has 0 saturated heterocycles. The first-order valence-electron chi connectivity index (χ1n) is 6.76. The minimum atomic E-state index is -1.04. The van der Waals surface area contributed by atoms with Gasteiger partial charge in [-0.05, 0) is 24.3 Å². The normalized spacial score (nSPS) is 10.6. The van der Waals surface area contributed by atoms with Gasteiger partial charge in [0, 0.05) is 38.2 Å². The molecule has 0 radical (unpaired) electrons. The number of ketones is 1. The third kappa shape index (κ3) is 4.91. The van der Waals surface area contributed by atoms with Crippen molar-refractivity contribution in [3.63, 3.8) is 0 Å². The lowest BCUT2D eigenvalue weighted by atomic mass is 10.1. The van der Waals surface area contributed by atoms with Crippen LogP contribution in [0.4, 0.5) is 0 Å². The van der Waals surface area contributed by atoms with E-state index in [9.17, 15) is 14.9 Å². The highest BCUT2D eigenvalue weighted by Crippen LogP contribution is 2.15. The average Bonchev–Trinajstić information content (AvgIpc) is 2.51. The summed E-state index contributed by atoms with van der Waals surface area (Å²) in [5.74, 6) is -1.36. The van der Waals surface area contributed by atoms with Crippen molar-refractivity contribution in [2.45, 2.75) is 0 Å². The molecular weight excluding hydrogens is 396 g/mol. The molecule has 1 rings (SSSR count). The number of carbonyl (C=O) groups excluding carboxylic acids is 2. The summed E-state index contributed by atoms with van der Waals surface area (Å²) in [7, 11) is 6.91. The third-order valence-corrected chi connectivity index (χ3v) is 3.69. The van der Waals surface area contributed by atoms with Gasteiger partial charge in [-0.1, -0.05) is 27.5 Å². The molecule has 1 aromatic rings. The lowest BCUT2D eigenvalue weighted by Gasteiger charge is -2.25. The first-order chi connectivity index (χ1) is 11.2. The molecule has 0 unspecified atom stereocenters. The van der Waals surface area contributed by atoms with Crippen molar-refractivity contribution < 1.29 is 9.59 Å². The Kier molecular flexibility index (Phi) is 7.14. The fraction of sp³-hybridized carbons (Fsp3) is 0.250. The van der Waals surface area contributed by atoms with Crippen LogP contribution in [0.1, 0.15) is 10.4 Å². The Labute approximate surface area is 154 Å². The molecule has 126 valence electrons. The lowest BCUT2D eigenvalue weighted by molar-refractivity contribution is -0.113. The van der Waals surface area contributed by atoms with Gasteiger partial charge in [0.25, 0.3) is 5.78 Å². The van der Waals surface area contributed by atoms with E-state index in [1.54, 1.807) is 50.1 Å². The van der Waals surface area contributed by atoms with E-state index in [-0.39, 0.29) is 16.3 Å². The highest BCUT2D eigenvalue weighted by Gasteiger charge is 2.20. The third-order valence-electron chi connectivity index (χ3n) is 2.89. The Balaban J connectivity index is 3.20. The summed E-state index contributed by atoms with van der Waals surface area (Å²) < 4.78 is 0.782. The molecule has 1 amide bonds. The molecule has 0 fully saturated rings. The smallest absolute Gasteiger partial charge is 0.319 e. The number of benzene rings is 1. The molecule has 1 aromatic carbocycles. The molecule has 0 saturated carbocycles. The van der Waals surface area contributed by atoms with Gasteiger partial charge in [0.05, 0.1) is 0 Å². The van der Waals surface area contributed by atoms with Crippen LogP contribution in [0.15, 0.2) is 45.1 Å². The number of hydrogen-bond acceptors (Lipinski definition) is 5. The highest BCUT2D eigenvalue weighted by atomic mass is 79.9. The van der Waals surface area contributed by atoms with Gasteiger partial charge in [-0.2, -0.15) is 10.3 Å². The summed E-state index contributed by atoms with van der Waals surface area (Å²) >= 11 is 9.26. The van der Waals surface area contributed by atoms with E-state index in [1.807, 2.05) is 6.07 Å². The quantitative estimate of drug-likeness (QED) is 0.322. The zero-order valence-electron chi connectivity index (χ0n) is 13.7. The van der Waals surface area contributed by atoms with Crippen molar-refractivity contribution in [1.29, 1.82) is 5.26 Å². The van der Waals surface area contributed by atoms with Gasteiger partial charge < -0.3 is 9.80 Å². The first kappa shape index (κ1) is 19.9. The van der Waals surface area contributed by atoms with Crippen LogP contribution < -0.4 is 0 Å². The second-order valence-electron chi connectivity index (χ2n) is 5.14. The molecule has 0 aromatic heterocycles. The largest absolute Gasteiger partial charge is 0.363 e. The van der Waals surface area contributed by atoms with Gasteiger partial charge >= 0.3 is 5.91 Å². The molecule has 0 spiro atoms. The van der Waals surface area contributed by atoms with E-state index in [1.165, 1.54) is 12.1 Å². The second kappa shape index (κ2) is 8.62. The van der Waals surface area contributed by atoms with Crippen LogP contribution in [-0.2, 0) is 4.79 Å². The number of nitrogens with zero attached hydrogens (tertiary/aromatic N) is 4. The molecule has 8 heteroatoms. The maximum atomic E-state index is 12.1. The van der Waals surface area contributed by atoms with E-state index >= 15 is 0 Å². The highest BCUT2D eigenvalue weighted by molar-refractivity contribution is 9.10. The summed E-state index contributed by atoms with van der Waals surface area (Å²) in [6.45, 7) is 0. The fourth-order valence-corrected chi connectivity index (χ4v) is 2.42. The molecule has 24 heavy (non-hydrogen) atoms. The maximum Gasteiger partial charge on any atom is 0.319 e. The maximum absolute atomic E-state index is 12.1. The molecule has 0 N–H and O–H groups in total. The molecule has 0 aliphatic rings. The number of hydrogen-bond donors (Lipinski definition) is 0. The van der Waals surface area contributed by atoms with Crippen LogP contribution in [-0.4, -0.2) is 54.9 Å². The molecule has 0 heterocycles. The minimum Gasteiger partial charge on any atom is -0.363 e. The van der Waals surface area contributed by atoms with E-state index in [4.69, 9.17) is 11.6 Å². The summed E-state index contributed by atoms with van der Waals surface area (Å²) in [6, 6.07) is 8.20. The van der Waals surface area contributed by atoms with E-state index in [2.05, 4.69) is 20.9 Å². The van der Waals surface area contributed by atoms with Crippen LogP contribution >= 0.6 is 27.5 Å². The number of rotatable bonds is 5. The van der Waals surface area contributed by atoms with E-state index < -0.39 is 11.7 Å². The molecule has 0 aliphatic carbocycles. The topological polar surface area (TPSA) is 76.8 Å².